The van der Waals surface area contributed by atoms with Crippen LogP contribution >= 0.6 is 0 Å². The SMILES string of the molecule is COc1ccc2c(c1)[C@@]13CCN(CC4CC4)[C@@H](C2)C1OCC(N(Cc1ccccc1)Cc1ccccc1)C3. The molecule has 4 heteroatoms. The van der Waals surface area contributed by atoms with Gasteiger partial charge < -0.3 is 9.47 Å². The summed E-state index contributed by atoms with van der Waals surface area (Å²) in [6.45, 7) is 5.12. The van der Waals surface area contributed by atoms with E-state index in [9.17, 15) is 0 Å². The molecule has 4 atom stereocenters. The van der Waals surface area contributed by atoms with Crippen LogP contribution in [0.25, 0.3) is 0 Å². The van der Waals surface area contributed by atoms with Gasteiger partial charge in [-0.25, -0.2) is 0 Å². The lowest BCUT2D eigenvalue weighted by atomic mass is 9.58. The number of piperidine rings is 1. The lowest BCUT2D eigenvalue weighted by molar-refractivity contribution is -0.154. The number of benzene rings is 3. The third-order valence-corrected chi connectivity index (χ3v) is 9.72. The molecule has 0 amide bonds. The van der Waals surface area contributed by atoms with Gasteiger partial charge in [-0.3, -0.25) is 9.80 Å². The molecule has 0 spiro atoms. The van der Waals surface area contributed by atoms with Crippen LogP contribution in [0.2, 0.25) is 0 Å². The fourth-order valence-corrected chi connectivity index (χ4v) is 7.62. The number of rotatable bonds is 8. The second kappa shape index (κ2) is 10.1. The molecule has 38 heavy (non-hydrogen) atoms. The van der Waals surface area contributed by atoms with Crippen molar-refractivity contribution in [3.8, 4) is 5.75 Å². The first-order valence-electron chi connectivity index (χ1n) is 14.6. The highest BCUT2D eigenvalue weighted by molar-refractivity contribution is 5.46. The number of ether oxygens (including phenoxy) is 2. The fraction of sp³-hybridized carbons (Fsp3) is 0.471. The maximum absolute atomic E-state index is 7.05. The average molecular weight is 509 g/mol. The molecule has 198 valence electrons. The number of hydrogen-bond acceptors (Lipinski definition) is 4. The van der Waals surface area contributed by atoms with Gasteiger partial charge in [-0.1, -0.05) is 66.7 Å². The average Bonchev–Trinajstić information content (AvgIpc) is 3.79. The third kappa shape index (κ3) is 4.57. The molecular formula is C34H40N2O2. The highest BCUT2D eigenvalue weighted by atomic mass is 16.5. The molecule has 3 fully saturated rings. The smallest absolute Gasteiger partial charge is 0.119 e. The van der Waals surface area contributed by atoms with Crippen LogP contribution in [-0.4, -0.2) is 54.8 Å². The van der Waals surface area contributed by atoms with E-state index in [-0.39, 0.29) is 11.5 Å². The van der Waals surface area contributed by atoms with E-state index in [0.717, 1.165) is 44.2 Å². The van der Waals surface area contributed by atoms with Crippen LogP contribution in [0.1, 0.15) is 47.9 Å². The molecule has 3 aromatic rings. The molecule has 7 rings (SSSR count). The van der Waals surface area contributed by atoms with Gasteiger partial charge in [-0.15, -0.1) is 0 Å². The summed E-state index contributed by atoms with van der Waals surface area (Å²) in [5.74, 6) is 1.88. The Hall–Kier alpha value is -2.66. The third-order valence-electron chi connectivity index (χ3n) is 9.72. The van der Waals surface area contributed by atoms with Gasteiger partial charge in [-0.2, -0.15) is 0 Å². The van der Waals surface area contributed by atoms with Crippen LogP contribution in [0, 0.1) is 5.92 Å². The number of methoxy groups -OCH3 is 1. The van der Waals surface area contributed by atoms with Crippen molar-refractivity contribution >= 4 is 0 Å². The molecule has 2 unspecified atom stereocenters. The van der Waals surface area contributed by atoms with Gasteiger partial charge in [0.15, 0.2) is 0 Å². The fourth-order valence-electron chi connectivity index (χ4n) is 7.62. The Bertz CT molecular complexity index is 1200. The minimum atomic E-state index is 0.0430. The molecule has 0 radical (unpaired) electrons. The van der Waals surface area contributed by atoms with E-state index in [1.165, 1.54) is 54.6 Å². The Morgan fingerprint density at radius 1 is 0.947 bits per heavy atom. The van der Waals surface area contributed by atoms with Crippen LogP contribution in [0.4, 0.5) is 0 Å². The summed E-state index contributed by atoms with van der Waals surface area (Å²) in [5.41, 5.74) is 5.78. The van der Waals surface area contributed by atoms with Crippen LogP contribution in [0.5, 0.6) is 5.75 Å². The van der Waals surface area contributed by atoms with Gasteiger partial charge >= 0.3 is 0 Å². The topological polar surface area (TPSA) is 24.9 Å². The molecule has 2 bridgehead atoms. The van der Waals surface area contributed by atoms with Crippen molar-refractivity contribution < 1.29 is 9.47 Å². The molecule has 2 aliphatic carbocycles. The Balaban J connectivity index is 1.24. The van der Waals surface area contributed by atoms with Gasteiger partial charge in [0.2, 0.25) is 0 Å². The summed E-state index contributed by atoms with van der Waals surface area (Å²) in [7, 11) is 1.79. The molecule has 2 saturated heterocycles. The predicted octanol–water partition coefficient (Wildman–Crippen LogP) is 5.83. The second-order valence-electron chi connectivity index (χ2n) is 12.1. The summed E-state index contributed by atoms with van der Waals surface area (Å²) in [6.07, 6.45) is 6.49. The van der Waals surface area contributed by atoms with E-state index < -0.39 is 0 Å². The van der Waals surface area contributed by atoms with Gasteiger partial charge in [0.1, 0.15) is 5.75 Å². The minimum Gasteiger partial charge on any atom is -0.497 e. The molecule has 2 heterocycles. The van der Waals surface area contributed by atoms with Gasteiger partial charge in [0.05, 0.1) is 19.8 Å². The summed E-state index contributed by atoms with van der Waals surface area (Å²) in [4.78, 5) is 5.47. The zero-order valence-electron chi connectivity index (χ0n) is 22.6. The van der Waals surface area contributed by atoms with Gasteiger partial charge in [-0.05, 0) is 79.0 Å². The number of likely N-dealkylation sites (tertiary alicyclic amines) is 1. The van der Waals surface area contributed by atoms with E-state index in [1.807, 2.05) is 0 Å². The monoisotopic (exact) mass is 508 g/mol. The van der Waals surface area contributed by atoms with E-state index >= 15 is 0 Å². The minimum absolute atomic E-state index is 0.0430. The van der Waals surface area contributed by atoms with Crippen molar-refractivity contribution in [1.29, 1.82) is 0 Å². The van der Waals surface area contributed by atoms with Crippen LogP contribution in [0.15, 0.2) is 78.9 Å². The first kappa shape index (κ1) is 24.4. The normalized spacial score (nSPS) is 28.5. The molecule has 1 saturated carbocycles. The molecule has 0 N–H and O–H groups in total. The van der Waals surface area contributed by atoms with Crippen molar-refractivity contribution in [3.05, 3.63) is 101 Å². The van der Waals surface area contributed by atoms with Crippen LogP contribution < -0.4 is 4.74 Å². The Labute approximate surface area is 227 Å². The zero-order valence-corrected chi connectivity index (χ0v) is 22.6. The highest BCUT2D eigenvalue weighted by Gasteiger charge is 2.57. The summed E-state index contributed by atoms with van der Waals surface area (Å²) < 4.78 is 12.8. The summed E-state index contributed by atoms with van der Waals surface area (Å²) in [5, 5.41) is 0. The van der Waals surface area contributed by atoms with Gasteiger partial charge in [0.25, 0.3) is 0 Å². The van der Waals surface area contributed by atoms with Crippen LogP contribution in [0.3, 0.4) is 0 Å². The maximum atomic E-state index is 7.05. The first-order valence-corrected chi connectivity index (χ1v) is 14.6. The molecule has 4 aliphatic rings. The molecular weight excluding hydrogens is 468 g/mol. The molecule has 3 aromatic carbocycles. The van der Waals surface area contributed by atoms with Crippen LogP contribution in [-0.2, 0) is 29.7 Å². The maximum Gasteiger partial charge on any atom is 0.119 e. The predicted molar refractivity (Wildman–Crippen MR) is 151 cm³/mol. The summed E-state index contributed by atoms with van der Waals surface area (Å²) >= 11 is 0. The van der Waals surface area contributed by atoms with Crippen molar-refractivity contribution in [2.75, 3.05) is 26.8 Å². The molecule has 2 aliphatic heterocycles. The number of nitrogens with zero attached hydrogens (tertiary/aromatic N) is 2. The van der Waals surface area contributed by atoms with E-state index in [1.54, 1.807) is 7.11 Å². The zero-order chi connectivity index (χ0) is 25.5. The Kier molecular flexibility index (Phi) is 6.51. The highest BCUT2D eigenvalue weighted by Crippen LogP contribution is 2.53. The standard InChI is InChI=1S/C34H40N2O2/c1-37-30-15-14-28-18-32-33-34(31(28)19-30,16-17-35(32)21-27-12-13-27)20-29(24-38-33)36(22-25-8-4-2-5-9-25)23-26-10-6-3-7-11-26/h2-11,14-15,19,27,29,32-33H,12-13,16-18,20-24H2,1H3/t29?,32-,33?,34-/m0/s1. The van der Waals surface area contributed by atoms with Crippen molar-refractivity contribution in [2.24, 2.45) is 5.92 Å². The first-order chi connectivity index (χ1) is 18.7. The second-order valence-corrected chi connectivity index (χ2v) is 12.1. The van der Waals surface area contributed by atoms with Crippen molar-refractivity contribution in [1.82, 2.24) is 9.80 Å². The number of hydrogen-bond donors (Lipinski definition) is 0. The van der Waals surface area contributed by atoms with E-state index in [2.05, 4.69) is 88.7 Å². The lowest BCUT2D eigenvalue weighted by Crippen LogP contribution is -2.68. The number of fused-ring (bicyclic) bond motifs is 1. The summed E-state index contributed by atoms with van der Waals surface area (Å²) in [6, 6.07) is 29.6. The van der Waals surface area contributed by atoms with Crippen molar-refractivity contribution in [2.45, 2.75) is 68.8 Å². The van der Waals surface area contributed by atoms with Gasteiger partial charge in [0, 0.05) is 37.1 Å². The Morgan fingerprint density at radius 3 is 2.32 bits per heavy atom. The molecule has 4 nitrogen and oxygen atoms in total. The largest absolute Gasteiger partial charge is 0.497 e. The Morgan fingerprint density at radius 2 is 1.66 bits per heavy atom. The van der Waals surface area contributed by atoms with Crippen molar-refractivity contribution in [3.63, 3.8) is 0 Å². The molecule has 0 aromatic heterocycles. The quantitative estimate of drug-likeness (QED) is 0.382. The van der Waals surface area contributed by atoms with E-state index in [4.69, 9.17) is 9.47 Å². The van der Waals surface area contributed by atoms with E-state index in [0.29, 0.717) is 12.1 Å². The lowest BCUT2D eigenvalue weighted by Gasteiger charge is -2.60.